The molecule has 3 aromatic rings. The Morgan fingerprint density at radius 1 is 0.917 bits per heavy atom. The molecule has 0 unspecified atom stereocenters. The van der Waals surface area contributed by atoms with Crippen LogP contribution in [0.25, 0.3) is 10.1 Å². The van der Waals surface area contributed by atoms with Crippen LogP contribution in [0.3, 0.4) is 0 Å². The van der Waals surface area contributed by atoms with Crippen molar-refractivity contribution in [3.8, 4) is 0 Å². The number of ether oxygens (including phenoxy) is 1. The number of thiophene rings is 1. The van der Waals surface area contributed by atoms with Gasteiger partial charge < -0.3 is 25.6 Å². The van der Waals surface area contributed by atoms with E-state index in [1.54, 1.807) is 0 Å². The standard InChI is InChI=1S/C37H47N5O5S/c43-33(42-19-14-29(15-20-42)41-21-23-47-24-22-41)13-8-18-38-34(44)30(25-27-9-2-1-3-10-27)39-36(46)37(16-6-7-17-37)40-35(45)32-26-28-11-4-5-12-31(28)48-32/h1-5,9-12,26,29-30H,6-8,13-25H2,(H,38,44)(H,39,46)(H,40,45)/t30-/m1/s1. The summed E-state index contributed by atoms with van der Waals surface area (Å²) in [6.45, 7) is 5.36. The molecule has 256 valence electrons. The number of hydrogen-bond donors (Lipinski definition) is 3. The molecule has 1 saturated carbocycles. The molecule has 0 bridgehead atoms. The van der Waals surface area contributed by atoms with E-state index in [9.17, 15) is 19.2 Å². The quantitative estimate of drug-likeness (QED) is 0.251. The van der Waals surface area contributed by atoms with E-state index < -0.39 is 11.6 Å². The van der Waals surface area contributed by atoms with Gasteiger partial charge in [-0.15, -0.1) is 11.3 Å². The van der Waals surface area contributed by atoms with Gasteiger partial charge >= 0.3 is 0 Å². The molecule has 3 aliphatic rings. The zero-order chi connectivity index (χ0) is 33.3. The summed E-state index contributed by atoms with van der Waals surface area (Å²) in [5.41, 5.74) is -0.159. The summed E-state index contributed by atoms with van der Waals surface area (Å²) < 4.78 is 6.49. The average Bonchev–Trinajstić information content (AvgIpc) is 3.79. The minimum Gasteiger partial charge on any atom is -0.379 e. The second kappa shape index (κ2) is 16.1. The topological polar surface area (TPSA) is 120 Å². The summed E-state index contributed by atoms with van der Waals surface area (Å²) in [5.74, 6) is -0.778. The molecule has 11 heteroatoms. The Morgan fingerprint density at radius 2 is 1.62 bits per heavy atom. The summed E-state index contributed by atoms with van der Waals surface area (Å²) >= 11 is 1.41. The third-order valence-electron chi connectivity index (χ3n) is 10.0. The first-order valence-corrected chi connectivity index (χ1v) is 18.3. The highest BCUT2D eigenvalue weighted by Crippen LogP contribution is 2.32. The van der Waals surface area contributed by atoms with Crippen molar-refractivity contribution in [1.82, 2.24) is 25.8 Å². The normalized spacial score (nSPS) is 19.1. The number of benzene rings is 2. The molecule has 2 aromatic carbocycles. The van der Waals surface area contributed by atoms with Crippen molar-refractivity contribution in [2.45, 2.75) is 75.4 Å². The molecule has 10 nitrogen and oxygen atoms in total. The second-order valence-corrected chi connectivity index (χ2v) is 14.3. The van der Waals surface area contributed by atoms with Crippen molar-refractivity contribution < 1.29 is 23.9 Å². The lowest BCUT2D eigenvalue weighted by Crippen LogP contribution is -2.61. The van der Waals surface area contributed by atoms with Crippen LogP contribution in [0.5, 0.6) is 0 Å². The van der Waals surface area contributed by atoms with Crippen LogP contribution in [0.2, 0.25) is 0 Å². The van der Waals surface area contributed by atoms with E-state index in [2.05, 4.69) is 20.9 Å². The highest BCUT2D eigenvalue weighted by Gasteiger charge is 2.44. The number of fused-ring (bicyclic) bond motifs is 1. The molecule has 2 saturated heterocycles. The smallest absolute Gasteiger partial charge is 0.262 e. The molecule has 0 spiro atoms. The van der Waals surface area contributed by atoms with Gasteiger partial charge in [-0.3, -0.25) is 24.1 Å². The number of nitrogens with one attached hydrogen (secondary N) is 3. The van der Waals surface area contributed by atoms with Gasteiger partial charge in [0.05, 0.1) is 18.1 Å². The average molecular weight is 674 g/mol. The Bertz CT molecular complexity index is 1530. The van der Waals surface area contributed by atoms with Crippen molar-refractivity contribution in [3.05, 3.63) is 71.1 Å². The minimum absolute atomic E-state index is 0.122. The molecule has 1 aliphatic carbocycles. The Hall–Kier alpha value is -3.80. The first kappa shape index (κ1) is 34.1. The number of piperidine rings is 1. The van der Waals surface area contributed by atoms with Gasteiger partial charge in [0.15, 0.2) is 0 Å². The number of nitrogens with zero attached hydrogens (tertiary/aromatic N) is 2. The summed E-state index contributed by atoms with van der Waals surface area (Å²) in [6, 6.07) is 19.0. The van der Waals surface area contributed by atoms with Gasteiger partial charge in [0.2, 0.25) is 17.7 Å². The molecular weight excluding hydrogens is 627 g/mol. The Morgan fingerprint density at radius 3 is 2.35 bits per heavy atom. The van der Waals surface area contributed by atoms with E-state index in [0.29, 0.717) is 49.6 Å². The van der Waals surface area contributed by atoms with Crippen LogP contribution < -0.4 is 16.0 Å². The summed E-state index contributed by atoms with van der Waals surface area (Å²) in [4.78, 5) is 58.9. The van der Waals surface area contributed by atoms with Gasteiger partial charge in [0.25, 0.3) is 5.91 Å². The van der Waals surface area contributed by atoms with Gasteiger partial charge in [-0.25, -0.2) is 0 Å². The van der Waals surface area contributed by atoms with E-state index in [1.807, 2.05) is 65.6 Å². The third-order valence-corrected chi connectivity index (χ3v) is 11.2. The number of amides is 4. The van der Waals surface area contributed by atoms with Crippen LogP contribution >= 0.6 is 11.3 Å². The maximum Gasteiger partial charge on any atom is 0.262 e. The van der Waals surface area contributed by atoms with E-state index in [1.165, 1.54) is 11.3 Å². The van der Waals surface area contributed by atoms with Gasteiger partial charge in [0, 0.05) is 56.3 Å². The lowest BCUT2D eigenvalue weighted by molar-refractivity contribution is -0.133. The van der Waals surface area contributed by atoms with Crippen LogP contribution in [-0.2, 0) is 25.5 Å². The number of carbonyl (C=O) groups is 4. The summed E-state index contributed by atoms with van der Waals surface area (Å²) in [5, 5.41) is 10.1. The fourth-order valence-corrected chi connectivity index (χ4v) is 8.23. The van der Waals surface area contributed by atoms with Crippen molar-refractivity contribution in [2.75, 3.05) is 45.9 Å². The number of carbonyl (C=O) groups excluding carboxylic acids is 4. The third kappa shape index (κ3) is 8.43. The van der Waals surface area contributed by atoms with Gasteiger partial charge in [-0.2, -0.15) is 0 Å². The van der Waals surface area contributed by atoms with Gasteiger partial charge in [0.1, 0.15) is 11.6 Å². The molecule has 3 fully saturated rings. The maximum absolute atomic E-state index is 14.0. The van der Waals surface area contributed by atoms with Crippen molar-refractivity contribution in [3.63, 3.8) is 0 Å². The van der Waals surface area contributed by atoms with E-state index >= 15 is 0 Å². The predicted octanol–water partition coefficient (Wildman–Crippen LogP) is 3.89. The van der Waals surface area contributed by atoms with Crippen molar-refractivity contribution >= 4 is 45.1 Å². The SMILES string of the molecule is O=C(NC1(C(=O)N[C@H](Cc2ccccc2)C(=O)NCCCC(=O)N2CCC(N3CCOCC3)CC2)CCCC1)c1cc2ccccc2s1. The van der Waals surface area contributed by atoms with E-state index in [4.69, 9.17) is 4.74 Å². The molecule has 4 amide bonds. The molecule has 2 aliphatic heterocycles. The number of hydrogen-bond acceptors (Lipinski definition) is 7. The number of likely N-dealkylation sites (tertiary alicyclic amines) is 1. The van der Waals surface area contributed by atoms with Crippen molar-refractivity contribution in [1.29, 1.82) is 0 Å². The molecule has 3 N–H and O–H groups in total. The first-order chi connectivity index (χ1) is 23.4. The monoisotopic (exact) mass is 673 g/mol. The predicted molar refractivity (Wildman–Crippen MR) is 187 cm³/mol. The molecule has 1 atom stereocenters. The zero-order valence-corrected chi connectivity index (χ0v) is 28.4. The lowest BCUT2D eigenvalue weighted by Gasteiger charge is -2.40. The van der Waals surface area contributed by atoms with E-state index in [-0.39, 0.29) is 23.6 Å². The van der Waals surface area contributed by atoms with Gasteiger partial charge in [-0.05, 0) is 55.2 Å². The van der Waals surface area contributed by atoms with Crippen molar-refractivity contribution in [2.24, 2.45) is 0 Å². The second-order valence-electron chi connectivity index (χ2n) is 13.3. The molecule has 1 aromatic heterocycles. The summed E-state index contributed by atoms with van der Waals surface area (Å²) in [6.07, 6.45) is 5.83. The van der Waals surface area contributed by atoms with Crippen LogP contribution in [0.4, 0.5) is 0 Å². The molecule has 6 rings (SSSR count). The molecule has 3 heterocycles. The first-order valence-electron chi connectivity index (χ1n) is 17.4. The Kier molecular flexibility index (Phi) is 11.4. The van der Waals surface area contributed by atoms with Gasteiger partial charge in [-0.1, -0.05) is 61.4 Å². The summed E-state index contributed by atoms with van der Waals surface area (Å²) in [7, 11) is 0. The number of rotatable bonds is 12. The fraction of sp³-hybridized carbons (Fsp3) is 0.514. The lowest BCUT2D eigenvalue weighted by atomic mass is 9.94. The maximum atomic E-state index is 14.0. The van der Waals surface area contributed by atoms with Crippen LogP contribution in [0.15, 0.2) is 60.7 Å². The molecule has 0 radical (unpaired) electrons. The fourth-order valence-electron chi connectivity index (χ4n) is 7.27. The highest BCUT2D eigenvalue weighted by atomic mass is 32.1. The number of morpholine rings is 1. The molecular formula is C37H47N5O5S. The van der Waals surface area contributed by atoms with Crippen LogP contribution in [0, 0.1) is 0 Å². The zero-order valence-electron chi connectivity index (χ0n) is 27.6. The van der Waals surface area contributed by atoms with Crippen LogP contribution in [0.1, 0.15) is 66.6 Å². The highest BCUT2D eigenvalue weighted by molar-refractivity contribution is 7.20. The van der Waals surface area contributed by atoms with E-state index in [0.717, 1.165) is 80.7 Å². The molecule has 48 heavy (non-hydrogen) atoms. The Labute approximate surface area is 286 Å². The van der Waals surface area contributed by atoms with Crippen LogP contribution in [-0.4, -0.2) is 97.0 Å². The minimum atomic E-state index is -1.08. The largest absolute Gasteiger partial charge is 0.379 e. The Balaban J connectivity index is 1.03.